The molecule has 1 atom stereocenters. The monoisotopic (exact) mass is 226 g/mol. The molecule has 4 heteroatoms. The number of thioether (sulfide) groups is 1. The SMILES string of the molecule is CC(C)CSC(C)c1nc(C2CC2)no1. The summed E-state index contributed by atoms with van der Waals surface area (Å²) in [6.45, 7) is 6.59. The van der Waals surface area contributed by atoms with Gasteiger partial charge in [0.1, 0.15) is 0 Å². The van der Waals surface area contributed by atoms with Crippen LogP contribution in [0.5, 0.6) is 0 Å². The molecule has 84 valence electrons. The molecule has 1 aromatic heterocycles. The molecule has 1 aliphatic rings. The van der Waals surface area contributed by atoms with Crippen LogP contribution in [0.15, 0.2) is 4.52 Å². The minimum atomic E-state index is 0.326. The standard InChI is InChI=1S/C11H18N2OS/c1-7(2)6-15-8(3)11-12-10(13-14-11)9-4-5-9/h7-9H,4-6H2,1-3H3. The van der Waals surface area contributed by atoms with E-state index >= 15 is 0 Å². The van der Waals surface area contributed by atoms with Crippen LogP contribution in [0.3, 0.4) is 0 Å². The third-order valence-corrected chi connectivity index (χ3v) is 3.99. The van der Waals surface area contributed by atoms with Crippen LogP contribution in [0.1, 0.15) is 56.5 Å². The predicted octanol–water partition coefficient (Wildman–Crippen LogP) is 3.40. The zero-order valence-corrected chi connectivity index (χ0v) is 10.4. The lowest BCUT2D eigenvalue weighted by molar-refractivity contribution is 0.375. The molecule has 1 unspecified atom stereocenters. The van der Waals surface area contributed by atoms with Gasteiger partial charge in [0, 0.05) is 5.92 Å². The van der Waals surface area contributed by atoms with Crippen LogP contribution in [-0.2, 0) is 0 Å². The van der Waals surface area contributed by atoms with Crippen LogP contribution in [-0.4, -0.2) is 15.9 Å². The van der Waals surface area contributed by atoms with Crippen molar-refractivity contribution < 1.29 is 4.52 Å². The Morgan fingerprint density at radius 2 is 2.13 bits per heavy atom. The summed E-state index contributed by atoms with van der Waals surface area (Å²) in [6.07, 6.45) is 2.46. The van der Waals surface area contributed by atoms with E-state index in [1.807, 2.05) is 11.8 Å². The number of rotatable bonds is 5. The van der Waals surface area contributed by atoms with Gasteiger partial charge in [-0.2, -0.15) is 4.98 Å². The van der Waals surface area contributed by atoms with E-state index in [0.717, 1.165) is 17.5 Å². The molecule has 15 heavy (non-hydrogen) atoms. The fraction of sp³-hybridized carbons (Fsp3) is 0.818. The first-order chi connectivity index (χ1) is 7.16. The molecule has 0 aliphatic heterocycles. The molecule has 0 amide bonds. The van der Waals surface area contributed by atoms with Gasteiger partial charge in [0.25, 0.3) is 0 Å². The van der Waals surface area contributed by atoms with Crippen LogP contribution in [0.4, 0.5) is 0 Å². The molecular weight excluding hydrogens is 208 g/mol. The quantitative estimate of drug-likeness (QED) is 0.771. The van der Waals surface area contributed by atoms with Crippen molar-refractivity contribution in [1.82, 2.24) is 10.1 Å². The maximum atomic E-state index is 5.28. The largest absolute Gasteiger partial charge is 0.338 e. The lowest BCUT2D eigenvalue weighted by Gasteiger charge is -2.07. The van der Waals surface area contributed by atoms with Gasteiger partial charge >= 0.3 is 0 Å². The number of hydrogen-bond acceptors (Lipinski definition) is 4. The molecule has 0 radical (unpaired) electrons. The van der Waals surface area contributed by atoms with Crippen molar-refractivity contribution in [1.29, 1.82) is 0 Å². The molecule has 2 rings (SSSR count). The molecule has 1 fully saturated rings. The van der Waals surface area contributed by atoms with Gasteiger partial charge in [-0.1, -0.05) is 19.0 Å². The number of aromatic nitrogens is 2. The second-order valence-corrected chi connectivity index (χ2v) is 6.01. The highest BCUT2D eigenvalue weighted by atomic mass is 32.2. The van der Waals surface area contributed by atoms with Gasteiger partial charge in [0.15, 0.2) is 5.82 Å². The Hall–Kier alpha value is -0.510. The molecule has 0 N–H and O–H groups in total. The van der Waals surface area contributed by atoms with Crippen LogP contribution >= 0.6 is 11.8 Å². The maximum Gasteiger partial charge on any atom is 0.239 e. The van der Waals surface area contributed by atoms with E-state index in [1.165, 1.54) is 12.8 Å². The predicted molar refractivity (Wildman–Crippen MR) is 62.0 cm³/mol. The zero-order valence-electron chi connectivity index (χ0n) is 9.56. The second-order valence-electron chi connectivity index (χ2n) is 4.63. The van der Waals surface area contributed by atoms with E-state index in [1.54, 1.807) is 0 Å². The highest BCUT2D eigenvalue weighted by Gasteiger charge is 2.29. The van der Waals surface area contributed by atoms with Crippen molar-refractivity contribution in [3.63, 3.8) is 0 Å². The van der Waals surface area contributed by atoms with E-state index in [9.17, 15) is 0 Å². The van der Waals surface area contributed by atoms with Gasteiger partial charge in [-0.15, -0.1) is 11.8 Å². The summed E-state index contributed by atoms with van der Waals surface area (Å²) in [7, 11) is 0. The van der Waals surface area contributed by atoms with Gasteiger partial charge < -0.3 is 4.52 Å². The first-order valence-electron chi connectivity index (χ1n) is 5.62. The Morgan fingerprint density at radius 3 is 2.73 bits per heavy atom. The number of hydrogen-bond donors (Lipinski definition) is 0. The summed E-state index contributed by atoms with van der Waals surface area (Å²) in [4.78, 5) is 4.45. The van der Waals surface area contributed by atoms with E-state index in [0.29, 0.717) is 17.1 Å². The zero-order chi connectivity index (χ0) is 10.8. The fourth-order valence-electron chi connectivity index (χ4n) is 1.33. The van der Waals surface area contributed by atoms with Gasteiger partial charge in [0.05, 0.1) is 5.25 Å². The van der Waals surface area contributed by atoms with Crippen molar-refractivity contribution in [2.75, 3.05) is 5.75 Å². The van der Waals surface area contributed by atoms with Gasteiger partial charge in [-0.05, 0) is 31.4 Å². The summed E-state index contributed by atoms with van der Waals surface area (Å²) in [5.41, 5.74) is 0. The molecule has 3 nitrogen and oxygen atoms in total. The smallest absolute Gasteiger partial charge is 0.239 e. The lowest BCUT2D eigenvalue weighted by Crippen LogP contribution is -1.96. The third kappa shape index (κ3) is 2.97. The maximum absolute atomic E-state index is 5.28. The van der Waals surface area contributed by atoms with Crippen molar-refractivity contribution >= 4 is 11.8 Å². The van der Waals surface area contributed by atoms with Crippen molar-refractivity contribution in [2.24, 2.45) is 5.92 Å². The first kappa shape index (κ1) is 11.0. The van der Waals surface area contributed by atoms with Crippen molar-refractivity contribution in [3.05, 3.63) is 11.7 Å². The highest BCUT2D eigenvalue weighted by Crippen LogP contribution is 2.39. The first-order valence-corrected chi connectivity index (χ1v) is 6.66. The lowest BCUT2D eigenvalue weighted by atomic mass is 10.3. The fourth-order valence-corrected chi connectivity index (χ4v) is 2.24. The minimum absolute atomic E-state index is 0.326. The normalized spacial score (nSPS) is 18.4. The molecule has 1 aliphatic carbocycles. The van der Waals surface area contributed by atoms with Crippen LogP contribution in [0.2, 0.25) is 0 Å². The van der Waals surface area contributed by atoms with Crippen LogP contribution in [0.25, 0.3) is 0 Å². The highest BCUT2D eigenvalue weighted by molar-refractivity contribution is 7.99. The summed E-state index contributed by atoms with van der Waals surface area (Å²) >= 11 is 1.89. The van der Waals surface area contributed by atoms with Crippen LogP contribution < -0.4 is 0 Å². The third-order valence-electron chi connectivity index (χ3n) is 2.43. The summed E-state index contributed by atoms with van der Waals surface area (Å²) in [5.74, 6) is 4.15. The molecular formula is C11H18N2OS. The molecule has 0 bridgehead atoms. The second kappa shape index (κ2) is 4.56. The Kier molecular flexibility index (Phi) is 3.34. The van der Waals surface area contributed by atoms with Crippen LogP contribution in [0, 0.1) is 5.92 Å². The molecule has 1 saturated carbocycles. The molecule has 1 heterocycles. The van der Waals surface area contributed by atoms with Gasteiger partial charge in [-0.3, -0.25) is 0 Å². The molecule has 0 saturated heterocycles. The topological polar surface area (TPSA) is 38.9 Å². The van der Waals surface area contributed by atoms with E-state index < -0.39 is 0 Å². The molecule has 1 aromatic rings. The summed E-state index contributed by atoms with van der Waals surface area (Å²) in [5, 5.41) is 4.35. The molecule has 0 spiro atoms. The average molecular weight is 226 g/mol. The summed E-state index contributed by atoms with van der Waals surface area (Å²) in [6, 6.07) is 0. The summed E-state index contributed by atoms with van der Waals surface area (Å²) < 4.78 is 5.28. The van der Waals surface area contributed by atoms with Gasteiger partial charge in [-0.25, -0.2) is 0 Å². The van der Waals surface area contributed by atoms with Gasteiger partial charge in [0.2, 0.25) is 5.89 Å². The molecule has 0 aromatic carbocycles. The Labute approximate surface area is 95.0 Å². The van der Waals surface area contributed by atoms with Crippen molar-refractivity contribution in [2.45, 2.75) is 44.8 Å². The Bertz CT molecular complexity index is 320. The van der Waals surface area contributed by atoms with E-state index in [2.05, 4.69) is 30.9 Å². The minimum Gasteiger partial charge on any atom is -0.338 e. The average Bonchev–Trinajstić information content (AvgIpc) is 2.93. The van der Waals surface area contributed by atoms with E-state index in [-0.39, 0.29) is 0 Å². The number of nitrogens with zero attached hydrogens (tertiary/aromatic N) is 2. The van der Waals surface area contributed by atoms with Crippen molar-refractivity contribution in [3.8, 4) is 0 Å². The Balaban J connectivity index is 1.89. The van der Waals surface area contributed by atoms with E-state index in [4.69, 9.17) is 4.52 Å². The Morgan fingerprint density at radius 1 is 1.40 bits per heavy atom.